The Balaban J connectivity index is 2.33. The predicted molar refractivity (Wildman–Crippen MR) is 71.5 cm³/mol. The number of halogens is 1. The number of aldehydes is 1. The average molecular weight is 266 g/mol. The van der Waals surface area contributed by atoms with Crippen molar-refractivity contribution in [2.24, 2.45) is 5.92 Å². The summed E-state index contributed by atoms with van der Waals surface area (Å²) in [5.74, 6) is -0.213. The zero-order valence-corrected chi connectivity index (χ0v) is 11.0. The van der Waals surface area contributed by atoms with Crippen LogP contribution in [0.2, 0.25) is 5.02 Å². The SMILES string of the molecule is CO[C@H]1CC(=N)C[C@@H](c2cccc(Cl)c2)C1C=O. The van der Waals surface area contributed by atoms with Crippen LogP contribution in [0.5, 0.6) is 0 Å². The van der Waals surface area contributed by atoms with E-state index in [9.17, 15) is 4.79 Å². The average Bonchev–Trinajstić information content (AvgIpc) is 2.37. The Morgan fingerprint density at radius 3 is 2.83 bits per heavy atom. The van der Waals surface area contributed by atoms with Gasteiger partial charge in [0.2, 0.25) is 0 Å². The highest BCUT2D eigenvalue weighted by Gasteiger charge is 2.36. The van der Waals surface area contributed by atoms with Crippen LogP contribution in [-0.2, 0) is 9.53 Å². The van der Waals surface area contributed by atoms with Crippen molar-refractivity contribution < 1.29 is 9.53 Å². The van der Waals surface area contributed by atoms with Gasteiger partial charge < -0.3 is 14.9 Å². The van der Waals surface area contributed by atoms with Crippen molar-refractivity contribution in [2.45, 2.75) is 24.9 Å². The molecular weight excluding hydrogens is 250 g/mol. The van der Waals surface area contributed by atoms with E-state index < -0.39 is 0 Å². The van der Waals surface area contributed by atoms with E-state index in [4.69, 9.17) is 21.7 Å². The van der Waals surface area contributed by atoms with E-state index in [1.807, 2.05) is 24.3 Å². The third-order valence-corrected chi connectivity index (χ3v) is 3.78. The van der Waals surface area contributed by atoms with Crippen LogP contribution in [0.25, 0.3) is 0 Å². The molecule has 1 N–H and O–H groups in total. The lowest BCUT2D eigenvalue weighted by Gasteiger charge is -2.34. The Hall–Kier alpha value is -1.19. The Morgan fingerprint density at radius 2 is 2.22 bits per heavy atom. The number of hydrogen-bond donors (Lipinski definition) is 1. The van der Waals surface area contributed by atoms with Gasteiger partial charge in [-0.3, -0.25) is 0 Å². The molecule has 0 radical (unpaired) electrons. The van der Waals surface area contributed by atoms with Gasteiger partial charge in [-0.1, -0.05) is 23.7 Å². The molecule has 1 aliphatic carbocycles. The first kappa shape index (κ1) is 13.2. The third-order valence-electron chi connectivity index (χ3n) is 3.54. The summed E-state index contributed by atoms with van der Waals surface area (Å²) in [5.41, 5.74) is 1.64. The molecule has 0 aromatic heterocycles. The molecule has 1 aromatic carbocycles. The van der Waals surface area contributed by atoms with Gasteiger partial charge in [0.05, 0.1) is 6.10 Å². The number of methoxy groups -OCH3 is 1. The zero-order chi connectivity index (χ0) is 13.1. The minimum Gasteiger partial charge on any atom is -0.380 e. The molecule has 0 bridgehead atoms. The lowest BCUT2D eigenvalue weighted by atomic mass is 9.73. The molecule has 0 amide bonds. The number of carbonyl (C=O) groups excluding carboxylic acids is 1. The number of rotatable bonds is 3. The maximum atomic E-state index is 11.3. The van der Waals surface area contributed by atoms with Crippen molar-refractivity contribution in [3.8, 4) is 0 Å². The van der Waals surface area contributed by atoms with E-state index in [2.05, 4.69) is 0 Å². The van der Waals surface area contributed by atoms with Crippen LogP contribution in [0, 0.1) is 11.3 Å². The predicted octanol–water partition coefficient (Wildman–Crippen LogP) is 3.07. The maximum absolute atomic E-state index is 11.3. The number of carbonyl (C=O) groups is 1. The standard InChI is InChI=1S/C14H16ClNO2/c1-18-14-7-11(16)6-12(13(14)8-17)9-3-2-4-10(15)5-9/h2-5,8,12-14,16H,6-7H2,1H3/t12-,13?,14-/m0/s1. The van der Waals surface area contributed by atoms with Gasteiger partial charge >= 0.3 is 0 Å². The third kappa shape index (κ3) is 2.62. The first-order chi connectivity index (χ1) is 8.65. The molecule has 1 aliphatic rings. The van der Waals surface area contributed by atoms with E-state index in [1.54, 1.807) is 7.11 Å². The lowest BCUT2D eigenvalue weighted by Crippen LogP contribution is -2.37. The summed E-state index contributed by atoms with van der Waals surface area (Å²) in [4.78, 5) is 11.3. The summed E-state index contributed by atoms with van der Waals surface area (Å²) < 4.78 is 5.34. The van der Waals surface area contributed by atoms with Gasteiger partial charge in [0.25, 0.3) is 0 Å². The second-order valence-electron chi connectivity index (χ2n) is 4.66. The van der Waals surface area contributed by atoms with Crippen molar-refractivity contribution in [2.75, 3.05) is 7.11 Å². The first-order valence-corrected chi connectivity index (χ1v) is 6.33. The largest absolute Gasteiger partial charge is 0.380 e. The van der Waals surface area contributed by atoms with E-state index in [0.717, 1.165) is 11.8 Å². The molecule has 4 heteroatoms. The van der Waals surface area contributed by atoms with Crippen molar-refractivity contribution in [1.29, 1.82) is 5.41 Å². The Kier molecular flexibility index (Phi) is 4.15. The van der Waals surface area contributed by atoms with Crippen LogP contribution in [0.1, 0.15) is 24.3 Å². The Bertz CT molecular complexity index is 461. The zero-order valence-electron chi connectivity index (χ0n) is 10.2. The van der Waals surface area contributed by atoms with Crippen molar-refractivity contribution in [3.05, 3.63) is 34.9 Å². The van der Waals surface area contributed by atoms with Gasteiger partial charge in [-0.15, -0.1) is 0 Å². The Labute approximate surface area is 112 Å². The molecule has 1 unspecified atom stereocenters. The number of hydrogen-bond acceptors (Lipinski definition) is 3. The topological polar surface area (TPSA) is 50.1 Å². The van der Waals surface area contributed by atoms with E-state index in [-0.39, 0.29) is 17.9 Å². The van der Waals surface area contributed by atoms with Crippen LogP contribution in [-0.4, -0.2) is 25.2 Å². The quantitative estimate of drug-likeness (QED) is 0.854. The van der Waals surface area contributed by atoms with Crippen LogP contribution < -0.4 is 0 Å². The summed E-state index contributed by atoms with van der Waals surface area (Å²) in [5, 5.41) is 8.55. The van der Waals surface area contributed by atoms with Crippen molar-refractivity contribution >= 4 is 23.6 Å². The highest BCUT2D eigenvalue weighted by molar-refractivity contribution is 6.30. The molecule has 0 spiro atoms. The lowest BCUT2D eigenvalue weighted by molar-refractivity contribution is -0.116. The van der Waals surface area contributed by atoms with Crippen molar-refractivity contribution in [3.63, 3.8) is 0 Å². The summed E-state index contributed by atoms with van der Waals surface area (Å²) in [6.45, 7) is 0. The van der Waals surface area contributed by atoms with Gasteiger partial charge in [0, 0.05) is 36.1 Å². The fourth-order valence-electron chi connectivity index (χ4n) is 2.62. The monoisotopic (exact) mass is 265 g/mol. The van der Waals surface area contributed by atoms with E-state index in [1.165, 1.54) is 0 Å². The molecule has 0 aliphatic heterocycles. The highest BCUT2D eigenvalue weighted by Crippen LogP contribution is 2.37. The highest BCUT2D eigenvalue weighted by atomic mass is 35.5. The van der Waals surface area contributed by atoms with E-state index in [0.29, 0.717) is 23.6 Å². The van der Waals surface area contributed by atoms with Gasteiger partial charge in [-0.2, -0.15) is 0 Å². The Morgan fingerprint density at radius 1 is 1.44 bits per heavy atom. The van der Waals surface area contributed by atoms with Crippen molar-refractivity contribution in [1.82, 2.24) is 0 Å². The molecule has 18 heavy (non-hydrogen) atoms. The fourth-order valence-corrected chi connectivity index (χ4v) is 2.82. The maximum Gasteiger partial charge on any atom is 0.126 e. The normalized spacial score (nSPS) is 28.1. The molecular formula is C14H16ClNO2. The van der Waals surface area contributed by atoms with Crippen LogP contribution in [0.4, 0.5) is 0 Å². The second kappa shape index (κ2) is 5.63. The van der Waals surface area contributed by atoms with E-state index >= 15 is 0 Å². The minimum atomic E-state index is -0.206. The molecule has 1 saturated carbocycles. The molecule has 0 heterocycles. The number of ether oxygens (including phenoxy) is 1. The second-order valence-corrected chi connectivity index (χ2v) is 5.10. The fraction of sp³-hybridized carbons (Fsp3) is 0.429. The smallest absolute Gasteiger partial charge is 0.126 e. The summed E-state index contributed by atoms with van der Waals surface area (Å²) in [6.07, 6.45) is 1.89. The summed E-state index contributed by atoms with van der Waals surface area (Å²) in [6, 6.07) is 7.51. The van der Waals surface area contributed by atoms with Gasteiger partial charge in [-0.05, 0) is 24.1 Å². The van der Waals surface area contributed by atoms with Gasteiger partial charge in [-0.25, -0.2) is 0 Å². The minimum absolute atomic E-state index is 0.00704. The summed E-state index contributed by atoms with van der Waals surface area (Å²) >= 11 is 5.99. The molecule has 1 fully saturated rings. The summed E-state index contributed by atoms with van der Waals surface area (Å²) in [7, 11) is 1.59. The van der Waals surface area contributed by atoms with Gasteiger partial charge in [0.1, 0.15) is 6.29 Å². The molecule has 3 nitrogen and oxygen atoms in total. The van der Waals surface area contributed by atoms with Crippen LogP contribution >= 0.6 is 11.6 Å². The first-order valence-electron chi connectivity index (χ1n) is 5.95. The molecule has 1 aromatic rings. The number of nitrogens with one attached hydrogen (secondary N) is 1. The number of benzene rings is 1. The van der Waals surface area contributed by atoms with Crippen LogP contribution in [0.3, 0.4) is 0 Å². The molecule has 96 valence electrons. The molecule has 2 rings (SSSR count). The van der Waals surface area contributed by atoms with Gasteiger partial charge in [0.15, 0.2) is 0 Å². The molecule has 0 saturated heterocycles. The van der Waals surface area contributed by atoms with Crippen LogP contribution in [0.15, 0.2) is 24.3 Å². The molecule has 3 atom stereocenters.